The Bertz CT molecular complexity index is 785. The van der Waals surface area contributed by atoms with Crippen molar-refractivity contribution in [3.63, 3.8) is 0 Å². The van der Waals surface area contributed by atoms with Crippen molar-refractivity contribution in [1.29, 1.82) is 0 Å². The van der Waals surface area contributed by atoms with E-state index in [1.54, 1.807) is 4.90 Å². The predicted octanol–water partition coefficient (Wildman–Crippen LogP) is 4.68. The number of anilines is 2. The molecule has 122 valence electrons. The van der Waals surface area contributed by atoms with Gasteiger partial charge in [-0.25, -0.2) is 0 Å². The van der Waals surface area contributed by atoms with Crippen LogP contribution in [-0.4, -0.2) is 28.7 Å². The van der Waals surface area contributed by atoms with E-state index in [0.717, 1.165) is 16.9 Å². The quantitative estimate of drug-likeness (QED) is 0.588. The fraction of sp³-hybridized carbons (Fsp3) is 0.158. The van der Waals surface area contributed by atoms with Gasteiger partial charge in [0.15, 0.2) is 0 Å². The maximum atomic E-state index is 12.3. The first-order valence-electron chi connectivity index (χ1n) is 7.74. The SMILES string of the molecule is CCN1C(=O)/C(=C\c2ccc(N(C)c3ccccc3)cc2)SC1=S. The zero-order chi connectivity index (χ0) is 17.1. The van der Waals surface area contributed by atoms with Crippen LogP contribution in [0.25, 0.3) is 6.08 Å². The molecule has 1 fully saturated rings. The first-order valence-corrected chi connectivity index (χ1v) is 8.97. The van der Waals surface area contributed by atoms with Crippen molar-refractivity contribution < 1.29 is 4.79 Å². The van der Waals surface area contributed by atoms with Crippen LogP contribution < -0.4 is 4.90 Å². The lowest BCUT2D eigenvalue weighted by Crippen LogP contribution is -2.27. The van der Waals surface area contributed by atoms with Gasteiger partial charge in [0.05, 0.1) is 4.91 Å². The maximum Gasteiger partial charge on any atom is 0.266 e. The average molecular weight is 355 g/mol. The standard InChI is InChI=1S/C19H18N2OS2/c1-3-21-18(22)17(24-19(21)23)13-14-9-11-16(12-10-14)20(2)15-7-5-4-6-8-15/h4-13H,3H2,1-2H3/b17-13+. The molecule has 0 aliphatic carbocycles. The lowest BCUT2D eigenvalue weighted by atomic mass is 10.1. The van der Waals surface area contributed by atoms with Crippen LogP contribution in [0, 0.1) is 0 Å². The summed E-state index contributed by atoms with van der Waals surface area (Å²) in [6.45, 7) is 2.55. The van der Waals surface area contributed by atoms with Crippen LogP contribution >= 0.6 is 24.0 Å². The highest BCUT2D eigenvalue weighted by Crippen LogP contribution is 2.32. The fourth-order valence-corrected chi connectivity index (χ4v) is 3.90. The van der Waals surface area contributed by atoms with E-state index < -0.39 is 0 Å². The highest BCUT2D eigenvalue weighted by Gasteiger charge is 2.30. The van der Waals surface area contributed by atoms with Crippen LogP contribution in [0.1, 0.15) is 12.5 Å². The smallest absolute Gasteiger partial charge is 0.266 e. The van der Waals surface area contributed by atoms with Crippen LogP contribution in [0.15, 0.2) is 59.5 Å². The van der Waals surface area contributed by atoms with E-state index in [9.17, 15) is 4.79 Å². The number of benzene rings is 2. The second-order valence-corrected chi connectivity index (χ2v) is 7.09. The summed E-state index contributed by atoms with van der Waals surface area (Å²) in [7, 11) is 2.04. The number of thiocarbonyl (C=S) groups is 1. The van der Waals surface area contributed by atoms with Gasteiger partial charge in [-0.2, -0.15) is 0 Å². The molecule has 0 spiro atoms. The molecule has 1 heterocycles. The van der Waals surface area contributed by atoms with E-state index in [4.69, 9.17) is 12.2 Å². The van der Waals surface area contributed by atoms with Gasteiger partial charge in [0.1, 0.15) is 4.32 Å². The maximum absolute atomic E-state index is 12.3. The van der Waals surface area contributed by atoms with Crippen LogP contribution in [-0.2, 0) is 4.79 Å². The molecule has 0 N–H and O–H groups in total. The minimum absolute atomic E-state index is 0.00187. The predicted molar refractivity (Wildman–Crippen MR) is 107 cm³/mol. The highest BCUT2D eigenvalue weighted by molar-refractivity contribution is 8.26. The number of nitrogens with zero attached hydrogens (tertiary/aromatic N) is 2. The number of para-hydroxylation sites is 1. The lowest BCUT2D eigenvalue weighted by Gasteiger charge is -2.19. The summed E-state index contributed by atoms with van der Waals surface area (Å²) in [5, 5.41) is 0. The summed E-state index contributed by atoms with van der Waals surface area (Å²) < 4.78 is 0.634. The largest absolute Gasteiger partial charge is 0.345 e. The molecule has 2 aromatic rings. The third-order valence-corrected chi connectivity index (χ3v) is 5.29. The van der Waals surface area contributed by atoms with Gasteiger partial charge < -0.3 is 4.90 Å². The molecule has 3 rings (SSSR count). The van der Waals surface area contributed by atoms with Gasteiger partial charge >= 0.3 is 0 Å². The summed E-state index contributed by atoms with van der Waals surface area (Å²) in [6.07, 6.45) is 1.90. The van der Waals surface area contributed by atoms with Crippen molar-refractivity contribution in [3.05, 3.63) is 65.1 Å². The second-order valence-electron chi connectivity index (χ2n) is 5.41. The summed E-state index contributed by atoms with van der Waals surface area (Å²) in [6, 6.07) is 18.4. The van der Waals surface area contributed by atoms with Gasteiger partial charge in [0, 0.05) is 25.0 Å². The zero-order valence-electron chi connectivity index (χ0n) is 13.6. The molecule has 1 aliphatic rings. The molecular formula is C19H18N2OS2. The number of rotatable bonds is 4. The van der Waals surface area contributed by atoms with E-state index in [-0.39, 0.29) is 5.91 Å². The Balaban J connectivity index is 1.79. The van der Waals surface area contributed by atoms with Gasteiger partial charge in [0.25, 0.3) is 5.91 Å². The van der Waals surface area contributed by atoms with Crippen LogP contribution in [0.4, 0.5) is 11.4 Å². The summed E-state index contributed by atoms with van der Waals surface area (Å²) in [5.41, 5.74) is 3.23. The monoisotopic (exact) mass is 354 g/mol. The molecule has 24 heavy (non-hydrogen) atoms. The fourth-order valence-electron chi connectivity index (χ4n) is 2.52. The highest BCUT2D eigenvalue weighted by atomic mass is 32.2. The van der Waals surface area contributed by atoms with Crippen molar-refractivity contribution in [1.82, 2.24) is 4.90 Å². The Morgan fingerprint density at radius 2 is 1.71 bits per heavy atom. The van der Waals surface area contributed by atoms with Gasteiger partial charge in [-0.3, -0.25) is 9.69 Å². The summed E-state index contributed by atoms with van der Waals surface area (Å²) in [5.74, 6) is -0.00187. The molecule has 1 amide bonds. The van der Waals surface area contributed by atoms with E-state index in [1.807, 2.05) is 50.4 Å². The van der Waals surface area contributed by atoms with E-state index >= 15 is 0 Å². The molecule has 5 heteroatoms. The third-order valence-electron chi connectivity index (χ3n) is 3.91. The second kappa shape index (κ2) is 7.20. The third kappa shape index (κ3) is 3.37. The topological polar surface area (TPSA) is 23.6 Å². The van der Waals surface area contributed by atoms with Crippen LogP contribution in [0.2, 0.25) is 0 Å². The first kappa shape index (κ1) is 16.7. The molecule has 0 radical (unpaired) electrons. The van der Waals surface area contributed by atoms with Gasteiger partial charge in [-0.05, 0) is 42.8 Å². The number of carbonyl (C=O) groups is 1. The molecule has 3 nitrogen and oxygen atoms in total. The van der Waals surface area contributed by atoms with E-state index in [1.165, 1.54) is 11.8 Å². The van der Waals surface area contributed by atoms with Crippen molar-refractivity contribution >= 4 is 51.7 Å². The van der Waals surface area contributed by atoms with Gasteiger partial charge in [-0.1, -0.05) is 54.3 Å². The van der Waals surface area contributed by atoms with E-state index in [2.05, 4.69) is 29.2 Å². The molecule has 0 unspecified atom stereocenters. The molecule has 2 aromatic carbocycles. The normalized spacial score (nSPS) is 16.1. The number of hydrogen-bond donors (Lipinski definition) is 0. The Morgan fingerprint density at radius 1 is 1.08 bits per heavy atom. The van der Waals surface area contributed by atoms with E-state index in [0.29, 0.717) is 15.8 Å². The first-order chi connectivity index (χ1) is 11.6. The van der Waals surface area contributed by atoms with Crippen molar-refractivity contribution in [2.45, 2.75) is 6.92 Å². The molecule has 0 bridgehead atoms. The number of amides is 1. The number of thioether (sulfide) groups is 1. The minimum atomic E-state index is -0.00187. The summed E-state index contributed by atoms with van der Waals surface area (Å²) >= 11 is 6.61. The van der Waals surface area contributed by atoms with Crippen LogP contribution in [0.5, 0.6) is 0 Å². The molecule has 0 atom stereocenters. The number of carbonyl (C=O) groups excluding carboxylic acids is 1. The summed E-state index contributed by atoms with van der Waals surface area (Å²) in [4.78, 5) is 16.7. The average Bonchev–Trinajstić information content (AvgIpc) is 2.88. The Labute approximate surface area is 152 Å². The van der Waals surface area contributed by atoms with Crippen molar-refractivity contribution in [3.8, 4) is 0 Å². The molecule has 1 aliphatic heterocycles. The Morgan fingerprint density at radius 3 is 2.29 bits per heavy atom. The zero-order valence-corrected chi connectivity index (χ0v) is 15.2. The van der Waals surface area contributed by atoms with Crippen molar-refractivity contribution in [2.24, 2.45) is 0 Å². The number of hydrogen-bond acceptors (Lipinski definition) is 4. The Hall–Kier alpha value is -2.11. The van der Waals surface area contributed by atoms with Crippen molar-refractivity contribution in [2.75, 3.05) is 18.5 Å². The Kier molecular flexibility index (Phi) is 5.02. The molecule has 0 saturated carbocycles. The van der Waals surface area contributed by atoms with Crippen LogP contribution in [0.3, 0.4) is 0 Å². The lowest BCUT2D eigenvalue weighted by molar-refractivity contribution is -0.121. The van der Waals surface area contributed by atoms with Gasteiger partial charge in [-0.15, -0.1) is 0 Å². The minimum Gasteiger partial charge on any atom is -0.345 e. The number of likely N-dealkylation sites (N-methyl/N-ethyl adjacent to an activating group) is 1. The molecule has 1 saturated heterocycles. The van der Waals surface area contributed by atoms with Gasteiger partial charge in [0.2, 0.25) is 0 Å². The molecule has 0 aromatic heterocycles. The molecular weight excluding hydrogens is 336 g/mol.